The van der Waals surface area contributed by atoms with Gasteiger partial charge in [-0.25, -0.2) is 0 Å². The van der Waals surface area contributed by atoms with Crippen LogP contribution in [0.25, 0.3) is 17.1 Å². The van der Waals surface area contributed by atoms with Gasteiger partial charge in [-0.2, -0.15) is 0 Å². The molecule has 3 aromatic rings. The molecule has 144 valence electrons. The first-order valence-electron chi connectivity index (χ1n) is 9.52. The second-order valence-corrected chi connectivity index (χ2v) is 7.36. The number of benzene rings is 2. The third-order valence-corrected chi connectivity index (χ3v) is 5.44. The number of hydrogen-bond acceptors (Lipinski definition) is 4. The van der Waals surface area contributed by atoms with Crippen LogP contribution in [0, 0.1) is 5.92 Å². The maximum atomic E-state index is 12.8. The second kappa shape index (κ2) is 7.01. The lowest BCUT2D eigenvalue weighted by Crippen LogP contribution is -2.32. The van der Waals surface area contributed by atoms with Crippen LogP contribution >= 0.6 is 0 Å². The summed E-state index contributed by atoms with van der Waals surface area (Å²) >= 11 is 0. The van der Waals surface area contributed by atoms with Gasteiger partial charge in [0.1, 0.15) is 5.52 Å². The summed E-state index contributed by atoms with van der Waals surface area (Å²) in [4.78, 5) is 28.9. The molecule has 0 radical (unpaired) electrons. The number of nitrogens with zero attached hydrogens (tertiary/aromatic N) is 4. The van der Waals surface area contributed by atoms with E-state index < -0.39 is 0 Å². The van der Waals surface area contributed by atoms with Gasteiger partial charge in [-0.05, 0) is 35.4 Å². The predicted molar refractivity (Wildman–Crippen MR) is 109 cm³/mol. The molecule has 1 saturated heterocycles. The molecule has 3 heterocycles. The Bertz CT molecular complexity index is 1150. The first-order valence-corrected chi connectivity index (χ1v) is 9.52. The Morgan fingerprint density at radius 1 is 1.10 bits per heavy atom. The first kappa shape index (κ1) is 17.4. The fourth-order valence-corrected chi connectivity index (χ4v) is 3.90. The topological polar surface area (TPSA) is 82.2 Å². The maximum absolute atomic E-state index is 12.8. The lowest BCUT2D eigenvalue weighted by atomic mass is 10.1. The predicted octanol–water partition coefficient (Wildman–Crippen LogP) is 2.47. The lowest BCUT2D eigenvalue weighted by Gasteiger charge is -2.19. The summed E-state index contributed by atoms with van der Waals surface area (Å²) in [6, 6.07) is 15.1. The number of carbonyl (C=O) groups is 2. The monoisotopic (exact) mass is 385 g/mol. The van der Waals surface area contributed by atoms with Gasteiger partial charge in [0.2, 0.25) is 5.91 Å². The summed E-state index contributed by atoms with van der Waals surface area (Å²) in [5, 5.41) is 10.5. The van der Waals surface area contributed by atoms with Gasteiger partial charge < -0.3 is 9.80 Å². The molecular formula is C22H19N5O2. The number of rotatable bonds is 3. The Morgan fingerprint density at radius 2 is 1.97 bits per heavy atom. The van der Waals surface area contributed by atoms with Crippen LogP contribution in [0.4, 0.5) is 0 Å². The fourth-order valence-electron chi connectivity index (χ4n) is 3.90. The van der Waals surface area contributed by atoms with Crippen LogP contribution in [0.1, 0.15) is 15.9 Å². The molecule has 1 fully saturated rings. The number of hydrogen-bond donors (Lipinski definition) is 1. The molecule has 1 atom stereocenters. The number of nitrogens with one attached hydrogen (secondary N) is 1. The van der Waals surface area contributed by atoms with Crippen molar-refractivity contribution in [2.24, 2.45) is 5.92 Å². The van der Waals surface area contributed by atoms with Crippen molar-refractivity contribution in [1.29, 1.82) is 0 Å². The molecule has 2 aliphatic heterocycles. The zero-order chi connectivity index (χ0) is 19.8. The summed E-state index contributed by atoms with van der Waals surface area (Å²) in [6.45, 7) is 1.79. The highest BCUT2D eigenvalue weighted by Crippen LogP contribution is 2.31. The normalized spacial score (nSPS) is 18.5. The summed E-state index contributed by atoms with van der Waals surface area (Å²) in [6.07, 6.45) is 5.35. The zero-order valence-electron chi connectivity index (χ0n) is 15.7. The average molecular weight is 385 g/mol. The minimum Gasteiger partial charge on any atom is -0.334 e. The van der Waals surface area contributed by atoms with Crippen molar-refractivity contribution in [2.75, 3.05) is 19.6 Å². The van der Waals surface area contributed by atoms with Gasteiger partial charge in [0.25, 0.3) is 5.91 Å². The van der Waals surface area contributed by atoms with E-state index in [1.165, 1.54) is 0 Å². The van der Waals surface area contributed by atoms with Crippen molar-refractivity contribution >= 4 is 28.9 Å². The molecule has 0 aliphatic carbocycles. The molecule has 0 saturated carbocycles. The summed E-state index contributed by atoms with van der Waals surface area (Å²) in [7, 11) is 0. The fraction of sp³-hybridized carbons (Fsp3) is 0.182. The maximum Gasteiger partial charge on any atom is 0.257 e. The number of aromatic amines is 1. The van der Waals surface area contributed by atoms with Crippen LogP contribution in [0.15, 0.2) is 66.4 Å². The number of carbonyl (C=O) groups excluding carboxylic acids is 2. The van der Waals surface area contributed by atoms with E-state index >= 15 is 0 Å². The van der Waals surface area contributed by atoms with E-state index in [9.17, 15) is 9.59 Å². The molecule has 2 aromatic carbocycles. The van der Waals surface area contributed by atoms with Crippen molar-refractivity contribution in [3.05, 3.63) is 77.5 Å². The summed E-state index contributed by atoms with van der Waals surface area (Å²) < 4.78 is 0. The van der Waals surface area contributed by atoms with E-state index in [4.69, 9.17) is 0 Å². The molecule has 7 heteroatoms. The number of aromatic nitrogens is 3. The highest BCUT2D eigenvalue weighted by molar-refractivity contribution is 5.98. The Balaban J connectivity index is 1.26. The van der Waals surface area contributed by atoms with Gasteiger partial charge in [0, 0.05) is 43.4 Å². The van der Waals surface area contributed by atoms with Crippen molar-refractivity contribution in [2.45, 2.75) is 0 Å². The standard InChI is InChI=1S/C22H19N5O2/c28-21(9-6-15-4-2-1-3-5-15)26-11-17-13-27(14-18(17)12-26)22(29)16-7-8-19-20(10-16)24-25-23-19/h1-10,13,18H,11-12,14H2,(H,23,24,25)/t18-/m1/s1. The van der Waals surface area contributed by atoms with Crippen LogP contribution in [-0.4, -0.2) is 56.7 Å². The van der Waals surface area contributed by atoms with Gasteiger partial charge in [-0.3, -0.25) is 14.7 Å². The van der Waals surface area contributed by atoms with E-state index in [-0.39, 0.29) is 17.7 Å². The van der Waals surface area contributed by atoms with Crippen LogP contribution < -0.4 is 0 Å². The molecule has 0 unspecified atom stereocenters. The van der Waals surface area contributed by atoms with Gasteiger partial charge >= 0.3 is 0 Å². The number of H-pyrrole nitrogens is 1. The summed E-state index contributed by atoms with van der Waals surface area (Å²) in [5.41, 5.74) is 4.19. The molecule has 2 aliphatic rings. The van der Waals surface area contributed by atoms with Crippen LogP contribution in [0.3, 0.4) is 0 Å². The zero-order valence-corrected chi connectivity index (χ0v) is 15.7. The van der Waals surface area contributed by atoms with E-state index in [1.807, 2.05) is 53.6 Å². The highest BCUT2D eigenvalue weighted by Gasteiger charge is 2.36. The van der Waals surface area contributed by atoms with Crippen LogP contribution in [0.5, 0.6) is 0 Å². The second-order valence-electron chi connectivity index (χ2n) is 7.36. The van der Waals surface area contributed by atoms with E-state index in [0.717, 1.165) is 16.7 Å². The molecule has 7 nitrogen and oxygen atoms in total. The number of likely N-dealkylation sites (tertiary alicyclic amines) is 1. The molecule has 1 aromatic heterocycles. The minimum absolute atomic E-state index is 0.00138. The van der Waals surface area contributed by atoms with E-state index in [2.05, 4.69) is 15.4 Å². The average Bonchev–Trinajstić information content (AvgIpc) is 3.46. The third kappa shape index (κ3) is 3.31. The van der Waals surface area contributed by atoms with Crippen molar-refractivity contribution < 1.29 is 9.59 Å². The largest absolute Gasteiger partial charge is 0.334 e. The van der Waals surface area contributed by atoms with Crippen LogP contribution in [-0.2, 0) is 4.79 Å². The Hall–Kier alpha value is -3.74. The van der Waals surface area contributed by atoms with Crippen LogP contribution in [0.2, 0.25) is 0 Å². The number of amides is 2. The Kier molecular flexibility index (Phi) is 4.20. The van der Waals surface area contributed by atoms with Crippen molar-refractivity contribution in [1.82, 2.24) is 25.2 Å². The van der Waals surface area contributed by atoms with E-state index in [0.29, 0.717) is 30.7 Å². The first-order chi connectivity index (χ1) is 14.2. The Morgan fingerprint density at radius 3 is 2.79 bits per heavy atom. The SMILES string of the molecule is O=C(c1ccc2[nH]nnc2c1)N1C=C2CN(C(=O)C=Cc3ccccc3)C[C@@H]2C1. The van der Waals surface area contributed by atoms with E-state index in [1.54, 1.807) is 23.1 Å². The molecule has 29 heavy (non-hydrogen) atoms. The van der Waals surface area contributed by atoms with Crippen molar-refractivity contribution in [3.8, 4) is 0 Å². The third-order valence-electron chi connectivity index (χ3n) is 5.44. The molecule has 2 amide bonds. The van der Waals surface area contributed by atoms with Gasteiger partial charge in [0.05, 0.1) is 5.52 Å². The molecular weight excluding hydrogens is 366 g/mol. The molecule has 1 N–H and O–H groups in total. The minimum atomic E-state index is -0.0568. The smallest absolute Gasteiger partial charge is 0.257 e. The summed E-state index contributed by atoms with van der Waals surface area (Å²) in [5.74, 6) is 0.140. The quantitative estimate of drug-likeness (QED) is 0.702. The van der Waals surface area contributed by atoms with Gasteiger partial charge in [0.15, 0.2) is 0 Å². The lowest BCUT2D eigenvalue weighted by molar-refractivity contribution is -0.125. The highest BCUT2D eigenvalue weighted by atomic mass is 16.2. The Labute approximate surface area is 167 Å². The number of fused-ring (bicyclic) bond motifs is 2. The molecule has 0 spiro atoms. The van der Waals surface area contributed by atoms with Crippen molar-refractivity contribution in [3.63, 3.8) is 0 Å². The molecule has 5 rings (SSSR count). The van der Waals surface area contributed by atoms with Gasteiger partial charge in [-0.15, -0.1) is 5.10 Å². The van der Waals surface area contributed by atoms with Gasteiger partial charge in [-0.1, -0.05) is 35.5 Å². The molecule has 0 bridgehead atoms.